The van der Waals surface area contributed by atoms with E-state index < -0.39 is 0 Å². The van der Waals surface area contributed by atoms with Crippen molar-refractivity contribution in [2.45, 2.75) is 71.8 Å². The Morgan fingerprint density at radius 2 is 1.90 bits per heavy atom. The van der Waals surface area contributed by atoms with Crippen molar-refractivity contribution in [3.63, 3.8) is 0 Å². The zero-order chi connectivity index (χ0) is 41.3. The van der Waals surface area contributed by atoms with Crippen LogP contribution in [-0.2, 0) is 9.53 Å². The Morgan fingerprint density at radius 1 is 1.08 bits per heavy atom. The van der Waals surface area contributed by atoms with Gasteiger partial charge in [-0.05, 0) is 106 Å². The van der Waals surface area contributed by atoms with Crippen LogP contribution in [0.25, 0.3) is 16.5 Å². The van der Waals surface area contributed by atoms with E-state index in [0.29, 0.717) is 30.8 Å². The molecular formula is C48H61N9O2. The molecule has 7 rings (SSSR count). The van der Waals surface area contributed by atoms with Crippen LogP contribution in [0, 0.1) is 0 Å². The van der Waals surface area contributed by atoms with Gasteiger partial charge in [-0.25, -0.2) is 9.97 Å². The molecule has 0 spiro atoms. The number of carbonyl (C=O) groups is 1. The van der Waals surface area contributed by atoms with Crippen LogP contribution in [0.2, 0.25) is 0 Å². The van der Waals surface area contributed by atoms with Crippen molar-refractivity contribution in [2.75, 3.05) is 69.2 Å². The normalized spacial score (nSPS) is 19.4. The summed E-state index contributed by atoms with van der Waals surface area (Å²) >= 11 is 0. The number of aliphatic imine (C=N–C) groups is 1. The third-order valence-electron chi connectivity index (χ3n) is 12.0. The van der Waals surface area contributed by atoms with Crippen LogP contribution in [0.4, 0.5) is 11.6 Å². The zero-order valence-electron chi connectivity index (χ0n) is 35.4. The van der Waals surface area contributed by atoms with Gasteiger partial charge >= 0.3 is 0 Å². The number of nitrogens with one attached hydrogen (secondary N) is 4. The first kappa shape index (κ1) is 41.6. The number of amides is 1. The maximum atomic E-state index is 12.5. The molecule has 2 saturated heterocycles. The molecule has 4 aliphatic heterocycles. The van der Waals surface area contributed by atoms with Gasteiger partial charge in [-0.1, -0.05) is 56.5 Å². The van der Waals surface area contributed by atoms with Gasteiger partial charge in [-0.15, -0.1) is 0 Å². The van der Waals surface area contributed by atoms with E-state index in [1.54, 1.807) is 0 Å². The van der Waals surface area contributed by atoms with Gasteiger partial charge in [-0.3, -0.25) is 14.7 Å². The van der Waals surface area contributed by atoms with Gasteiger partial charge in [0.15, 0.2) is 0 Å². The highest BCUT2D eigenvalue weighted by Gasteiger charge is 2.28. The molecule has 310 valence electrons. The Hall–Kier alpha value is -5.52. The van der Waals surface area contributed by atoms with Crippen LogP contribution >= 0.6 is 0 Å². The van der Waals surface area contributed by atoms with E-state index >= 15 is 0 Å². The third-order valence-corrected chi connectivity index (χ3v) is 12.0. The molecule has 2 fully saturated rings. The SMILES string of the molecule is C=C(/C=C\C(=C/C)CNCCN(CCC)C1CCN(c2ccc(C3CCC(=C)NC3=O)cc2)CC1)Nc1ncc2ccc(C3=C(C)C4=C(CN=C3C)OCCN4)cc2n1. The summed E-state index contributed by atoms with van der Waals surface area (Å²) in [6, 6.07) is 15.5. The van der Waals surface area contributed by atoms with Gasteiger partial charge in [0.05, 0.1) is 23.7 Å². The minimum absolute atomic E-state index is 0.0652. The Morgan fingerprint density at radius 3 is 2.66 bits per heavy atom. The zero-order valence-corrected chi connectivity index (χ0v) is 35.4. The Bertz CT molecular complexity index is 2190. The molecule has 0 aliphatic carbocycles. The third kappa shape index (κ3) is 10.2. The molecule has 0 bridgehead atoms. The largest absolute Gasteiger partial charge is 0.492 e. The molecule has 5 heterocycles. The quantitative estimate of drug-likeness (QED) is 0.0911. The van der Waals surface area contributed by atoms with Crippen molar-refractivity contribution in [3.05, 3.63) is 125 Å². The summed E-state index contributed by atoms with van der Waals surface area (Å²) in [5.74, 6) is 1.39. The smallest absolute Gasteiger partial charge is 0.231 e. The van der Waals surface area contributed by atoms with Crippen LogP contribution < -0.4 is 26.2 Å². The van der Waals surface area contributed by atoms with Crippen LogP contribution in [0.1, 0.15) is 76.8 Å². The number of ether oxygens (including phenoxy) is 1. The molecule has 11 nitrogen and oxygen atoms in total. The van der Waals surface area contributed by atoms with E-state index in [0.717, 1.165) is 134 Å². The summed E-state index contributed by atoms with van der Waals surface area (Å²) in [6.45, 7) is 24.6. The summed E-state index contributed by atoms with van der Waals surface area (Å²) in [7, 11) is 0. The minimum atomic E-state index is -0.0856. The maximum Gasteiger partial charge on any atom is 0.231 e. The summed E-state index contributed by atoms with van der Waals surface area (Å²) in [6.07, 6.45) is 13.2. The van der Waals surface area contributed by atoms with E-state index in [4.69, 9.17) is 14.7 Å². The lowest BCUT2D eigenvalue weighted by Gasteiger charge is -2.39. The highest BCUT2D eigenvalue weighted by molar-refractivity contribution is 6.24. The second-order valence-corrected chi connectivity index (χ2v) is 16.0. The fourth-order valence-corrected chi connectivity index (χ4v) is 8.69. The van der Waals surface area contributed by atoms with E-state index in [-0.39, 0.29) is 11.8 Å². The second-order valence-electron chi connectivity index (χ2n) is 16.0. The first-order valence-electron chi connectivity index (χ1n) is 21.4. The number of rotatable bonds is 15. The van der Waals surface area contributed by atoms with Gasteiger partial charge in [0, 0.05) is 85.3 Å². The van der Waals surface area contributed by atoms with Crippen molar-refractivity contribution >= 4 is 39.7 Å². The van der Waals surface area contributed by atoms with Crippen molar-refractivity contribution in [2.24, 2.45) is 4.99 Å². The van der Waals surface area contributed by atoms with Crippen LogP contribution in [0.15, 0.2) is 119 Å². The summed E-state index contributed by atoms with van der Waals surface area (Å²) in [4.78, 5) is 31.9. The molecule has 1 aromatic heterocycles. The molecule has 2 aromatic carbocycles. The molecule has 3 aromatic rings. The monoisotopic (exact) mass is 795 g/mol. The molecule has 11 heteroatoms. The number of anilines is 2. The van der Waals surface area contributed by atoms with Gasteiger partial charge in [0.1, 0.15) is 12.4 Å². The van der Waals surface area contributed by atoms with Gasteiger partial charge in [0.2, 0.25) is 11.9 Å². The van der Waals surface area contributed by atoms with Crippen LogP contribution in [-0.4, -0.2) is 91.5 Å². The predicted octanol–water partition coefficient (Wildman–Crippen LogP) is 7.62. The number of allylic oxidation sites excluding steroid dienone is 5. The predicted molar refractivity (Wildman–Crippen MR) is 242 cm³/mol. The highest BCUT2D eigenvalue weighted by Crippen LogP contribution is 2.32. The number of hydrogen-bond donors (Lipinski definition) is 4. The number of fused-ring (bicyclic) bond motifs is 1. The van der Waals surface area contributed by atoms with E-state index in [1.807, 2.05) is 12.3 Å². The number of carbonyl (C=O) groups excluding carboxylic acids is 1. The molecule has 59 heavy (non-hydrogen) atoms. The second kappa shape index (κ2) is 19.5. The fraction of sp³-hybridized carbons (Fsp3) is 0.417. The topological polar surface area (TPSA) is 119 Å². The summed E-state index contributed by atoms with van der Waals surface area (Å²) in [5, 5.41) is 14.4. The molecule has 4 aliphatic rings. The lowest BCUT2D eigenvalue weighted by Crippen LogP contribution is -2.47. The van der Waals surface area contributed by atoms with Crippen LogP contribution in [0.5, 0.6) is 0 Å². The number of hydrogen-bond acceptors (Lipinski definition) is 10. The van der Waals surface area contributed by atoms with Crippen molar-refractivity contribution in [1.29, 1.82) is 0 Å². The fourth-order valence-electron chi connectivity index (χ4n) is 8.69. The molecule has 1 unspecified atom stereocenters. The summed E-state index contributed by atoms with van der Waals surface area (Å²) < 4.78 is 5.94. The lowest BCUT2D eigenvalue weighted by molar-refractivity contribution is -0.122. The molecule has 1 atom stereocenters. The van der Waals surface area contributed by atoms with Gasteiger partial charge in [-0.2, -0.15) is 0 Å². The number of nitrogens with zero attached hydrogens (tertiary/aromatic N) is 5. The average Bonchev–Trinajstić information content (AvgIpc) is 3.37. The van der Waals surface area contributed by atoms with E-state index in [9.17, 15) is 4.79 Å². The molecule has 1 amide bonds. The molecule has 0 saturated carbocycles. The Balaban J connectivity index is 0.877. The van der Waals surface area contributed by atoms with E-state index in [2.05, 4.69) is 132 Å². The number of benzene rings is 2. The Kier molecular flexibility index (Phi) is 13.8. The number of aromatic nitrogens is 2. The van der Waals surface area contributed by atoms with Crippen LogP contribution in [0.3, 0.4) is 0 Å². The van der Waals surface area contributed by atoms with Crippen molar-refractivity contribution < 1.29 is 9.53 Å². The first-order chi connectivity index (χ1) is 28.7. The highest BCUT2D eigenvalue weighted by atomic mass is 16.5. The summed E-state index contributed by atoms with van der Waals surface area (Å²) in [5.41, 5.74) is 11.2. The molecule has 0 radical (unpaired) electrons. The van der Waals surface area contributed by atoms with Crippen molar-refractivity contribution in [3.8, 4) is 0 Å². The maximum absolute atomic E-state index is 12.5. The first-order valence-corrected chi connectivity index (χ1v) is 21.4. The van der Waals surface area contributed by atoms with E-state index in [1.165, 1.54) is 11.3 Å². The molecule has 4 N–H and O–H groups in total. The molecular weight excluding hydrogens is 735 g/mol. The van der Waals surface area contributed by atoms with Crippen molar-refractivity contribution in [1.82, 2.24) is 30.8 Å². The Labute approximate surface area is 350 Å². The standard InChI is InChI=1S/C48H61N9O2/c1-7-23-56(41-19-24-57(25-20-41)40-16-14-37(15-17-40)42-18-10-32(3)53-47(42)58)26-21-49-29-36(8-2)11-9-33(4)54-48-52-30-39-13-12-38(28-43(39)55-48)45-34(5)46-44(31-51-35(45)6)59-27-22-50-46/h8-9,11-17,28,30,41-42,49-50H,3-4,7,10,18-27,29,31H2,1-2,5-6H3,(H,53,58)(H,52,54,55)/b11-9-,36-8+. The lowest BCUT2D eigenvalue weighted by atomic mass is 9.89. The minimum Gasteiger partial charge on any atom is -0.492 e. The van der Waals surface area contributed by atoms with Gasteiger partial charge in [0.25, 0.3) is 0 Å². The van der Waals surface area contributed by atoms with Gasteiger partial charge < -0.3 is 30.9 Å². The number of piperidine rings is 2. The average molecular weight is 796 g/mol.